The van der Waals surface area contributed by atoms with Crippen molar-refractivity contribution in [1.29, 1.82) is 0 Å². The van der Waals surface area contributed by atoms with Crippen LogP contribution in [0.4, 0.5) is 0 Å². The van der Waals surface area contributed by atoms with Gasteiger partial charge in [0.1, 0.15) is 5.69 Å². The lowest BCUT2D eigenvalue weighted by Gasteiger charge is -2.32. The van der Waals surface area contributed by atoms with Gasteiger partial charge in [0.15, 0.2) is 0 Å². The second kappa shape index (κ2) is 7.40. The van der Waals surface area contributed by atoms with Crippen LogP contribution in [0.5, 0.6) is 0 Å². The van der Waals surface area contributed by atoms with Gasteiger partial charge in [-0.25, -0.2) is 4.98 Å². The van der Waals surface area contributed by atoms with Crippen molar-refractivity contribution in [2.45, 2.75) is 38.8 Å². The van der Waals surface area contributed by atoms with Gasteiger partial charge in [0.2, 0.25) is 0 Å². The molecule has 20 heavy (non-hydrogen) atoms. The molecule has 1 aromatic rings. The van der Waals surface area contributed by atoms with Crippen molar-refractivity contribution in [2.75, 3.05) is 26.2 Å². The quantitative estimate of drug-likeness (QED) is 0.792. The van der Waals surface area contributed by atoms with E-state index in [9.17, 15) is 4.79 Å². The highest BCUT2D eigenvalue weighted by atomic mass is 16.1. The van der Waals surface area contributed by atoms with Crippen molar-refractivity contribution < 1.29 is 4.79 Å². The molecule has 0 spiro atoms. The fourth-order valence-corrected chi connectivity index (χ4v) is 2.57. The van der Waals surface area contributed by atoms with Crippen LogP contribution in [-0.2, 0) is 6.54 Å². The zero-order chi connectivity index (χ0) is 14.4. The molecule has 1 fully saturated rings. The van der Waals surface area contributed by atoms with Gasteiger partial charge in [0.25, 0.3) is 5.91 Å². The van der Waals surface area contributed by atoms with E-state index < -0.39 is 0 Å². The molecule has 1 atom stereocenters. The predicted octanol–water partition coefficient (Wildman–Crippen LogP) is 0.446. The van der Waals surface area contributed by atoms with E-state index in [1.807, 2.05) is 4.57 Å². The Morgan fingerprint density at radius 2 is 2.20 bits per heavy atom. The molecule has 0 aliphatic carbocycles. The minimum Gasteiger partial charge on any atom is -0.349 e. The Morgan fingerprint density at radius 1 is 1.45 bits per heavy atom. The molecule has 6 nitrogen and oxygen atoms in total. The van der Waals surface area contributed by atoms with Crippen molar-refractivity contribution in [1.82, 2.24) is 19.8 Å². The molecule has 1 aliphatic heterocycles. The highest BCUT2D eigenvalue weighted by Crippen LogP contribution is 2.11. The summed E-state index contributed by atoms with van der Waals surface area (Å²) in [4.78, 5) is 18.6. The van der Waals surface area contributed by atoms with Crippen molar-refractivity contribution in [3.8, 4) is 0 Å². The lowest BCUT2D eigenvalue weighted by molar-refractivity contribution is 0.0925. The molecule has 0 aromatic carbocycles. The Bertz CT molecular complexity index is 425. The lowest BCUT2D eigenvalue weighted by atomic mass is 10.1. The van der Waals surface area contributed by atoms with Crippen LogP contribution in [0.2, 0.25) is 0 Å². The topological polar surface area (TPSA) is 76.2 Å². The standard InChI is InChI=1S/C14H25N5O/c1-12(19-6-3-2-4-7-19)9-16-14(20)13-10-18(8-5-15)11-17-13/h10-12H,2-9,15H2,1H3,(H,16,20). The monoisotopic (exact) mass is 279 g/mol. The number of carbonyl (C=O) groups excluding carboxylic acids is 1. The summed E-state index contributed by atoms with van der Waals surface area (Å²) in [6, 6.07) is 0.380. The number of likely N-dealkylation sites (tertiary alicyclic amines) is 1. The van der Waals surface area contributed by atoms with Gasteiger partial charge < -0.3 is 15.6 Å². The summed E-state index contributed by atoms with van der Waals surface area (Å²) in [7, 11) is 0. The Kier molecular flexibility index (Phi) is 5.55. The number of piperidine rings is 1. The van der Waals surface area contributed by atoms with Gasteiger partial charge >= 0.3 is 0 Å². The van der Waals surface area contributed by atoms with Gasteiger partial charge in [0.05, 0.1) is 6.33 Å². The number of rotatable bonds is 6. The van der Waals surface area contributed by atoms with Gasteiger partial charge in [-0.15, -0.1) is 0 Å². The summed E-state index contributed by atoms with van der Waals surface area (Å²) >= 11 is 0. The fourth-order valence-electron chi connectivity index (χ4n) is 2.57. The van der Waals surface area contributed by atoms with Gasteiger partial charge in [0, 0.05) is 31.9 Å². The van der Waals surface area contributed by atoms with Crippen LogP contribution in [0, 0.1) is 0 Å². The maximum atomic E-state index is 12.0. The molecule has 1 amide bonds. The molecular weight excluding hydrogens is 254 g/mol. The molecule has 1 aliphatic rings. The number of carbonyl (C=O) groups is 1. The molecule has 2 rings (SSSR count). The first-order chi connectivity index (χ1) is 9.70. The number of imidazole rings is 1. The number of nitrogens with zero attached hydrogens (tertiary/aromatic N) is 3. The van der Waals surface area contributed by atoms with Gasteiger partial charge in [-0.3, -0.25) is 9.69 Å². The number of hydrogen-bond acceptors (Lipinski definition) is 4. The van der Waals surface area contributed by atoms with Gasteiger partial charge in [-0.05, 0) is 32.9 Å². The van der Waals surface area contributed by atoms with Crippen molar-refractivity contribution in [3.05, 3.63) is 18.2 Å². The minimum absolute atomic E-state index is 0.107. The molecule has 3 N–H and O–H groups in total. The summed E-state index contributed by atoms with van der Waals surface area (Å²) in [5, 5.41) is 2.96. The van der Waals surface area contributed by atoms with Gasteiger partial charge in [-0.2, -0.15) is 0 Å². The average molecular weight is 279 g/mol. The summed E-state index contributed by atoms with van der Waals surface area (Å²) in [5.74, 6) is -0.107. The molecule has 0 saturated carbocycles. The number of amides is 1. The molecule has 6 heteroatoms. The van der Waals surface area contributed by atoms with E-state index in [1.165, 1.54) is 19.3 Å². The normalized spacial score (nSPS) is 17.9. The van der Waals surface area contributed by atoms with E-state index in [1.54, 1.807) is 12.5 Å². The van der Waals surface area contributed by atoms with E-state index in [0.29, 0.717) is 31.4 Å². The Morgan fingerprint density at radius 3 is 2.90 bits per heavy atom. The third-order valence-electron chi connectivity index (χ3n) is 3.83. The third kappa shape index (κ3) is 4.05. The molecular formula is C14H25N5O. The fraction of sp³-hybridized carbons (Fsp3) is 0.714. The summed E-state index contributed by atoms with van der Waals surface area (Å²) in [5.41, 5.74) is 5.93. The highest BCUT2D eigenvalue weighted by Gasteiger charge is 2.18. The maximum absolute atomic E-state index is 12.0. The minimum atomic E-state index is -0.107. The van der Waals surface area contributed by atoms with Crippen LogP contribution in [0.3, 0.4) is 0 Å². The van der Waals surface area contributed by atoms with E-state index in [4.69, 9.17) is 5.73 Å². The highest BCUT2D eigenvalue weighted by molar-refractivity contribution is 5.92. The van der Waals surface area contributed by atoms with Crippen LogP contribution in [0.25, 0.3) is 0 Å². The Hall–Kier alpha value is -1.40. The van der Waals surface area contributed by atoms with Crippen molar-refractivity contribution >= 4 is 5.91 Å². The molecule has 1 unspecified atom stereocenters. The third-order valence-corrected chi connectivity index (χ3v) is 3.83. The number of nitrogens with one attached hydrogen (secondary N) is 1. The SMILES string of the molecule is CC(CNC(=O)c1cn(CCN)cn1)N1CCCCC1. The smallest absolute Gasteiger partial charge is 0.271 e. The molecule has 1 saturated heterocycles. The van der Waals surface area contributed by atoms with E-state index in [0.717, 1.165) is 13.1 Å². The van der Waals surface area contributed by atoms with E-state index in [2.05, 4.69) is 22.1 Å². The van der Waals surface area contributed by atoms with Gasteiger partial charge in [-0.1, -0.05) is 6.42 Å². The van der Waals surface area contributed by atoms with Crippen LogP contribution >= 0.6 is 0 Å². The van der Waals surface area contributed by atoms with Crippen LogP contribution in [-0.4, -0.2) is 52.6 Å². The van der Waals surface area contributed by atoms with Crippen LogP contribution < -0.4 is 11.1 Å². The number of aromatic nitrogens is 2. The largest absolute Gasteiger partial charge is 0.349 e. The maximum Gasteiger partial charge on any atom is 0.271 e. The molecule has 1 aromatic heterocycles. The number of hydrogen-bond donors (Lipinski definition) is 2. The van der Waals surface area contributed by atoms with Crippen LogP contribution in [0.1, 0.15) is 36.7 Å². The Labute approximate surface area is 120 Å². The zero-order valence-electron chi connectivity index (χ0n) is 12.2. The van der Waals surface area contributed by atoms with E-state index >= 15 is 0 Å². The van der Waals surface area contributed by atoms with E-state index in [-0.39, 0.29) is 5.91 Å². The first-order valence-corrected chi connectivity index (χ1v) is 7.45. The summed E-state index contributed by atoms with van der Waals surface area (Å²) < 4.78 is 1.84. The van der Waals surface area contributed by atoms with Crippen molar-refractivity contribution in [3.63, 3.8) is 0 Å². The number of nitrogens with two attached hydrogens (primary N) is 1. The first-order valence-electron chi connectivity index (χ1n) is 7.45. The summed E-state index contributed by atoms with van der Waals surface area (Å²) in [6.07, 6.45) is 7.25. The molecule has 112 valence electrons. The molecule has 0 bridgehead atoms. The zero-order valence-corrected chi connectivity index (χ0v) is 12.2. The second-order valence-corrected chi connectivity index (χ2v) is 5.44. The van der Waals surface area contributed by atoms with Crippen LogP contribution in [0.15, 0.2) is 12.5 Å². The lowest BCUT2D eigenvalue weighted by Crippen LogP contribution is -2.44. The molecule has 0 radical (unpaired) electrons. The van der Waals surface area contributed by atoms with Crippen molar-refractivity contribution in [2.24, 2.45) is 5.73 Å². The predicted molar refractivity (Wildman–Crippen MR) is 78.5 cm³/mol. The first kappa shape index (κ1) is 15.0. The Balaban J connectivity index is 1.78. The summed E-state index contributed by atoms with van der Waals surface area (Å²) in [6.45, 7) is 6.35. The average Bonchev–Trinajstić information content (AvgIpc) is 2.94. The second-order valence-electron chi connectivity index (χ2n) is 5.44. The molecule has 2 heterocycles.